The summed E-state index contributed by atoms with van der Waals surface area (Å²) >= 11 is 0. The fourth-order valence-electron chi connectivity index (χ4n) is 4.72. The molecule has 0 fully saturated rings. The van der Waals surface area contributed by atoms with Gasteiger partial charge in [0.05, 0.1) is 5.52 Å². The number of furan rings is 1. The Balaban J connectivity index is 1.23. The second kappa shape index (κ2) is 7.46. The van der Waals surface area contributed by atoms with Gasteiger partial charge in [-0.3, -0.25) is 4.98 Å². The third kappa shape index (κ3) is 3.18. The lowest BCUT2D eigenvalue weighted by Crippen LogP contribution is -1.90. The van der Waals surface area contributed by atoms with Crippen molar-refractivity contribution in [3.63, 3.8) is 0 Å². The van der Waals surface area contributed by atoms with Crippen LogP contribution in [-0.2, 0) is 0 Å². The normalized spacial score (nSPS) is 11.5. The van der Waals surface area contributed by atoms with Crippen molar-refractivity contribution in [2.24, 2.45) is 0 Å². The van der Waals surface area contributed by atoms with Gasteiger partial charge in [0.2, 0.25) is 0 Å². The molecule has 0 saturated carbocycles. The van der Waals surface area contributed by atoms with E-state index in [-0.39, 0.29) is 0 Å². The van der Waals surface area contributed by atoms with E-state index in [1.807, 2.05) is 18.3 Å². The van der Waals surface area contributed by atoms with E-state index in [0.29, 0.717) is 0 Å². The number of aromatic nitrogens is 1. The molecule has 0 spiro atoms. The van der Waals surface area contributed by atoms with Gasteiger partial charge >= 0.3 is 0 Å². The molecule has 3 nitrogen and oxygen atoms in total. The van der Waals surface area contributed by atoms with Crippen molar-refractivity contribution in [2.45, 2.75) is 0 Å². The first-order chi connectivity index (χ1) is 16.8. The first kappa shape index (κ1) is 18.9. The smallest absolute Gasteiger partial charge is 0.137 e. The second-order valence-corrected chi connectivity index (χ2v) is 8.63. The van der Waals surface area contributed by atoms with Crippen LogP contribution in [0.15, 0.2) is 120 Å². The quantitative estimate of drug-likeness (QED) is 0.301. The van der Waals surface area contributed by atoms with Crippen molar-refractivity contribution in [2.75, 3.05) is 5.32 Å². The van der Waals surface area contributed by atoms with E-state index in [4.69, 9.17) is 4.42 Å². The van der Waals surface area contributed by atoms with Gasteiger partial charge in [-0.15, -0.1) is 0 Å². The van der Waals surface area contributed by atoms with Crippen molar-refractivity contribution in [1.82, 2.24) is 4.98 Å². The molecule has 34 heavy (non-hydrogen) atoms. The van der Waals surface area contributed by atoms with Crippen LogP contribution in [0.1, 0.15) is 0 Å². The van der Waals surface area contributed by atoms with Crippen LogP contribution in [-0.4, -0.2) is 4.98 Å². The fraction of sp³-hybridized carbons (Fsp3) is 0. The average molecular weight is 437 g/mol. The van der Waals surface area contributed by atoms with E-state index < -0.39 is 0 Å². The molecule has 3 heteroatoms. The lowest BCUT2D eigenvalue weighted by atomic mass is 10.0. The van der Waals surface area contributed by atoms with Gasteiger partial charge in [0.25, 0.3) is 0 Å². The fourth-order valence-corrected chi connectivity index (χ4v) is 4.72. The standard InChI is InChI=1S/C31H20N2O/c1-2-5-20(6-3-1)21-8-9-23-16-25(11-10-22(23)15-21)33-26-12-13-27-28-19-29-24(7-4-14-32-29)17-30(28)34-31(27)18-26/h1-19,33H. The van der Waals surface area contributed by atoms with Crippen LogP contribution in [0.2, 0.25) is 0 Å². The summed E-state index contributed by atoms with van der Waals surface area (Å²) in [4.78, 5) is 4.48. The zero-order valence-corrected chi connectivity index (χ0v) is 18.3. The van der Waals surface area contributed by atoms with Crippen LogP contribution < -0.4 is 5.32 Å². The van der Waals surface area contributed by atoms with E-state index in [0.717, 1.165) is 44.2 Å². The zero-order valence-electron chi connectivity index (χ0n) is 18.3. The SMILES string of the molecule is c1ccc(-c2ccc3cc(Nc4ccc5c(c4)oc4cc6cccnc6cc45)ccc3c2)cc1. The second-order valence-electron chi connectivity index (χ2n) is 8.63. The molecular weight excluding hydrogens is 416 g/mol. The Morgan fingerprint density at radius 1 is 0.529 bits per heavy atom. The molecule has 7 aromatic rings. The molecule has 0 radical (unpaired) electrons. The summed E-state index contributed by atoms with van der Waals surface area (Å²) < 4.78 is 6.20. The summed E-state index contributed by atoms with van der Waals surface area (Å²) in [5.74, 6) is 0. The number of nitrogens with one attached hydrogen (secondary N) is 1. The Morgan fingerprint density at radius 3 is 2.26 bits per heavy atom. The molecule has 0 saturated heterocycles. The van der Waals surface area contributed by atoms with Crippen LogP contribution in [0.3, 0.4) is 0 Å². The molecule has 0 aliphatic carbocycles. The van der Waals surface area contributed by atoms with Crippen molar-refractivity contribution >= 4 is 55.0 Å². The minimum Gasteiger partial charge on any atom is -0.456 e. The van der Waals surface area contributed by atoms with E-state index in [1.54, 1.807) is 0 Å². The number of hydrogen-bond acceptors (Lipinski definition) is 3. The predicted molar refractivity (Wildman–Crippen MR) is 142 cm³/mol. The summed E-state index contributed by atoms with van der Waals surface area (Å²) in [5, 5.41) is 9.23. The van der Waals surface area contributed by atoms with Crippen molar-refractivity contribution in [3.05, 3.63) is 115 Å². The Morgan fingerprint density at radius 2 is 1.32 bits per heavy atom. The maximum Gasteiger partial charge on any atom is 0.137 e. The minimum absolute atomic E-state index is 0.864. The van der Waals surface area contributed by atoms with Gasteiger partial charge in [-0.1, -0.05) is 54.6 Å². The Kier molecular flexibility index (Phi) is 4.15. The maximum atomic E-state index is 6.20. The highest BCUT2D eigenvalue weighted by Gasteiger charge is 2.10. The van der Waals surface area contributed by atoms with Crippen LogP contribution in [0.25, 0.3) is 54.7 Å². The van der Waals surface area contributed by atoms with Gasteiger partial charge in [-0.05, 0) is 70.4 Å². The third-order valence-corrected chi connectivity index (χ3v) is 6.43. The minimum atomic E-state index is 0.864. The highest BCUT2D eigenvalue weighted by atomic mass is 16.3. The lowest BCUT2D eigenvalue weighted by molar-refractivity contribution is 0.669. The van der Waals surface area contributed by atoms with E-state index >= 15 is 0 Å². The van der Waals surface area contributed by atoms with E-state index in [2.05, 4.69) is 107 Å². The van der Waals surface area contributed by atoms with Gasteiger partial charge in [0.1, 0.15) is 11.2 Å². The van der Waals surface area contributed by atoms with Crippen molar-refractivity contribution in [3.8, 4) is 11.1 Å². The first-order valence-electron chi connectivity index (χ1n) is 11.4. The third-order valence-electron chi connectivity index (χ3n) is 6.43. The molecule has 1 N–H and O–H groups in total. The molecule has 0 bridgehead atoms. The number of rotatable bonds is 3. The maximum absolute atomic E-state index is 6.20. The zero-order chi connectivity index (χ0) is 22.5. The number of nitrogens with zero attached hydrogens (tertiary/aromatic N) is 1. The molecule has 0 amide bonds. The van der Waals surface area contributed by atoms with Gasteiger partial charge in [0.15, 0.2) is 0 Å². The van der Waals surface area contributed by atoms with E-state index in [9.17, 15) is 0 Å². The molecule has 0 atom stereocenters. The van der Waals surface area contributed by atoms with Gasteiger partial charge in [-0.25, -0.2) is 0 Å². The van der Waals surface area contributed by atoms with Crippen LogP contribution in [0.4, 0.5) is 11.4 Å². The molecule has 7 rings (SSSR count). The summed E-state index contributed by atoms with van der Waals surface area (Å²) in [7, 11) is 0. The number of fused-ring (bicyclic) bond motifs is 5. The highest BCUT2D eigenvalue weighted by molar-refractivity contribution is 6.10. The Labute approximate surface area is 196 Å². The van der Waals surface area contributed by atoms with E-state index in [1.165, 1.54) is 21.9 Å². The number of benzene rings is 5. The summed E-state index contributed by atoms with van der Waals surface area (Å²) in [5.41, 5.74) is 7.23. The highest BCUT2D eigenvalue weighted by Crippen LogP contribution is 2.34. The number of anilines is 2. The molecule has 0 aliphatic rings. The van der Waals surface area contributed by atoms with Crippen LogP contribution >= 0.6 is 0 Å². The largest absolute Gasteiger partial charge is 0.456 e. The lowest BCUT2D eigenvalue weighted by Gasteiger charge is -2.09. The van der Waals surface area contributed by atoms with Gasteiger partial charge in [0, 0.05) is 39.8 Å². The molecule has 2 aromatic heterocycles. The average Bonchev–Trinajstić information content (AvgIpc) is 3.24. The molecule has 0 aliphatic heterocycles. The van der Waals surface area contributed by atoms with Gasteiger partial charge < -0.3 is 9.73 Å². The van der Waals surface area contributed by atoms with Crippen molar-refractivity contribution in [1.29, 1.82) is 0 Å². The molecule has 160 valence electrons. The van der Waals surface area contributed by atoms with Gasteiger partial charge in [-0.2, -0.15) is 0 Å². The monoisotopic (exact) mass is 436 g/mol. The predicted octanol–water partition coefficient (Wildman–Crippen LogP) is 8.70. The molecular formula is C31H20N2O. The summed E-state index contributed by atoms with van der Waals surface area (Å²) in [6.45, 7) is 0. The number of hydrogen-bond donors (Lipinski definition) is 1. The molecule has 5 aromatic carbocycles. The summed E-state index contributed by atoms with van der Waals surface area (Å²) in [6, 6.07) is 38.0. The first-order valence-corrected chi connectivity index (χ1v) is 11.4. The number of pyridine rings is 1. The Hall–Kier alpha value is -4.63. The molecule has 0 unspecified atom stereocenters. The topological polar surface area (TPSA) is 38.1 Å². The van der Waals surface area contributed by atoms with Crippen molar-refractivity contribution < 1.29 is 4.42 Å². The van der Waals surface area contributed by atoms with Crippen LogP contribution in [0, 0.1) is 0 Å². The summed E-state index contributed by atoms with van der Waals surface area (Å²) in [6.07, 6.45) is 1.82. The molecule has 2 heterocycles. The van der Waals surface area contributed by atoms with Crippen LogP contribution in [0.5, 0.6) is 0 Å². The Bertz CT molecular complexity index is 1830.